The lowest BCUT2D eigenvalue weighted by atomic mass is 10.1. The molecule has 0 radical (unpaired) electrons. The van der Waals surface area contributed by atoms with Crippen molar-refractivity contribution in [1.82, 2.24) is 0 Å². The van der Waals surface area contributed by atoms with Crippen LogP contribution in [0.15, 0.2) is 64.4 Å². The van der Waals surface area contributed by atoms with E-state index < -0.39 is 0 Å². The number of ether oxygens (including phenoxy) is 1. The predicted molar refractivity (Wildman–Crippen MR) is 93.9 cm³/mol. The second-order valence-corrected chi connectivity index (χ2v) is 6.57. The zero-order valence-corrected chi connectivity index (χ0v) is 13.7. The first-order valence-corrected chi connectivity index (χ1v) is 8.21. The van der Waals surface area contributed by atoms with Crippen LogP contribution in [0.5, 0.6) is 5.75 Å². The predicted octanol–water partition coefficient (Wildman–Crippen LogP) is 5.00. The van der Waals surface area contributed by atoms with E-state index in [2.05, 4.69) is 36.2 Å². The van der Waals surface area contributed by atoms with E-state index in [1.807, 2.05) is 30.3 Å². The van der Waals surface area contributed by atoms with Gasteiger partial charge < -0.3 is 9.64 Å². The lowest BCUT2D eigenvalue weighted by molar-refractivity contribution is -0.131. The van der Waals surface area contributed by atoms with E-state index in [9.17, 15) is 4.79 Å². The first-order valence-electron chi connectivity index (χ1n) is 7.40. The minimum absolute atomic E-state index is 0.301. The Morgan fingerprint density at radius 3 is 2.48 bits per heavy atom. The fourth-order valence-electron chi connectivity index (χ4n) is 3.02. The van der Waals surface area contributed by atoms with Gasteiger partial charge in [-0.25, -0.2) is 0 Å². The molecule has 0 saturated carbocycles. The van der Waals surface area contributed by atoms with Crippen LogP contribution in [0.2, 0.25) is 0 Å². The van der Waals surface area contributed by atoms with E-state index in [1.165, 1.54) is 17.5 Å². The Bertz CT molecular complexity index is 936. The Morgan fingerprint density at radius 1 is 1.00 bits per heavy atom. The van der Waals surface area contributed by atoms with E-state index in [-0.39, 0.29) is 5.97 Å². The van der Waals surface area contributed by atoms with Crippen molar-refractivity contribution in [3.8, 4) is 5.75 Å². The number of nitrogens with zero attached hydrogens (tertiary/aromatic N) is 1. The molecule has 0 atom stereocenters. The van der Waals surface area contributed by atoms with Crippen LogP contribution in [0.25, 0.3) is 10.8 Å². The van der Waals surface area contributed by atoms with Gasteiger partial charge in [0.25, 0.3) is 0 Å². The Hall–Kier alpha value is -2.46. The van der Waals surface area contributed by atoms with Gasteiger partial charge in [-0.3, -0.25) is 4.79 Å². The molecular weight excluding hydrogens is 306 g/mol. The number of rotatable bonds is 1. The number of hydrogen-bond acceptors (Lipinski definition) is 4. The van der Waals surface area contributed by atoms with Crippen LogP contribution in [0.3, 0.4) is 0 Å². The molecule has 23 heavy (non-hydrogen) atoms. The van der Waals surface area contributed by atoms with Crippen molar-refractivity contribution in [2.75, 3.05) is 11.9 Å². The number of fused-ring (bicyclic) bond motifs is 4. The maximum Gasteiger partial charge on any atom is 0.308 e. The van der Waals surface area contributed by atoms with Crippen molar-refractivity contribution in [3.05, 3.63) is 54.6 Å². The van der Waals surface area contributed by atoms with Crippen molar-refractivity contribution in [2.45, 2.75) is 16.7 Å². The summed E-state index contributed by atoms with van der Waals surface area (Å²) < 4.78 is 5.45. The van der Waals surface area contributed by atoms with Gasteiger partial charge in [0.15, 0.2) is 0 Å². The topological polar surface area (TPSA) is 29.5 Å². The van der Waals surface area contributed by atoms with Crippen LogP contribution in [0.4, 0.5) is 11.4 Å². The van der Waals surface area contributed by atoms with Gasteiger partial charge in [-0.2, -0.15) is 0 Å². The lowest BCUT2D eigenvalue weighted by Gasteiger charge is -2.31. The summed E-state index contributed by atoms with van der Waals surface area (Å²) in [5.74, 6) is 0.316. The molecule has 0 spiro atoms. The van der Waals surface area contributed by atoms with Crippen LogP contribution in [-0.4, -0.2) is 13.0 Å². The second-order valence-electron chi connectivity index (χ2n) is 5.49. The van der Waals surface area contributed by atoms with E-state index in [0.29, 0.717) is 5.75 Å². The molecule has 3 nitrogen and oxygen atoms in total. The smallest absolute Gasteiger partial charge is 0.308 e. The molecule has 0 fully saturated rings. The molecule has 1 aliphatic heterocycles. The maximum atomic E-state index is 11.4. The highest BCUT2D eigenvalue weighted by Gasteiger charge is 2.24. The summed E-state index contributed by atoms with van der Waals surface area (Å²) in [7, 11) is 2.08. The maximum absolute atomic E-state index is 11.4. The molecule has 3 aromatic carbocycles. The van der Waals surface area contributed by atoms with Crippen molar-refractivity contribution in [1.29, 1.82) is 0 Å². The van der Waals surface area contributed by atoms with E-state index in [0.717, 1.165) is 21.4 Å². The van der Waals surface area contributed by atoms with Gasteiger partial charge in [0.2, 0.25) is 0 Å². The minimum atomic E-state index is -0.301. The molecule has 0 unspecified atom stereocenters. The summed E-state index contributed by atoms with van der Waals surface area (Å²) in [4.78, 5) is 16.0. The van der Waals surface area contributed by atoms with Crippen LogP contribution in [0, 0.1) is 0 Å². The number of benzene rings is 3. The van der Waals surface area contributed by atoms with Crippen molar-refractivity contribution in [3.63, 3.8) is 0 Å². The molecule has 114 valence electrons. The molecule has 0 aliphatic carbocycles. The van der Waals surface area contributed by atoms with E-state index >= 15 is 0 Å². The molecule has 4 heteroatoms. The normalized spacial score (nSPS) is 12.7. The number of carbonyl (C=O) groups is 1. The van der Waals surface area contributed by atoms with Crippen molar-refractivity contribution >= 4 is 39.9 Å². The van der Waals surface area contributed by atoms with Crippen molar-refractivity contribution < 1.29 is 9.53 Å². The number of carbonyl (C=O) groups excluding carboxylic acids is 1. The SMILES string of the molecule is CC(=O)Oc1cc2c(c3ccccc13)N(C)c1ccccc1S2. The monoisotopic (exact) mass is 321 g/mol. The average molecular weight is 321 g/mol. The zero-order valence-electron chi connectivity index (χ0n) is 12.9. The Morgan fingerprint density at radius 2 is 1.70 bits per heavy atom. The first kappa shape index (κ1) is 14.2. The van der Waals surface area contributed by atoms with Crippen LogP contribution >= 0.6 is 11.8 Å². The van der Waals surface area contributed by atoms with Gasteiger partial charge in [0.1, 0.15) is 5.75 Å². The van der Waals surface area contributed by atoms with Crippen LogP contribution in [-0.2, 0) is 4.79 Å². The number of hydrogen-bond donors (Lipinski definition) is 0. The third-order valence-corrected chi connectivity index (χ3v) is 5.08. The summed E-state index contributed by atoms with van der Waals surface area (Å²) in [6, 6.07) is 18.3. The fraction of sp³-hybridized carbons (Fsp3) is 0.105. The Labute approximate surface area is 138 Å². The summed E-state index contributed by atoms with van der Waals surface area (Å²) in [6.45, 7) is 1.43. The second kappa shape index (κ2) is 5.32. The largest absolute Gasteiger partial charge is 0.426 e. The van der Waals surface area contributed by atoms with Gasteiger partial charge in [0.05, 0.1) is 11.4 Å². The molecule has 1 aliphatic rings. The van der Waals surface area contributed by atoms with Gasteiger partial charge in [-0.15, -0.1) is 0 Å². The third kappa shape index (κ3) is 2.26. The summed E-state index contributed by atoms with van der Waals surface area (Å²) in [6.07, 6.45) is 0. The standard InChI is InChI=1S/C19H15NO2S/c1-12(21)22-16-11-18-19(14-8-4-3-7-13(14)16)20(2)15-9-5-6-10-17(15)23-18/h3-11H,1-2H3. The van der Waals surface area contributed by atoms with Gasteiger partial charge in [-0.05, 0) is 18.2 Å². The molecule has 0 aromatic heterocycles. The highest BCUT2D eigenvalue weighted by Crippen LogP contribution is 2.51. The molecule has 0 bridgehead atoms. The molecule has 3 aromatic rings. The molecule has 1 heterocycles. The molecule has 4 rings (SSSR count). The summed E-state index contributed by atoms with van der Waals surface area (Å²) in [5, 5.41) is 2.04. The van der Waals surface area contributed by atoms with Gasteiger partial charge in [0, 0.05) is 34.5 Å². The summed E-state index contributed by atoms with van der Waals surface area (Å²) in [5.41, 5.74) is 2.34. The fourth-order valence-corrected chi connectivity index (χ4v) is 4.23. The zero-order chi connectivity index (χ0) is 16.0. The quantitative estimate of drug-likeness (QED) is 0.466. The van der Waals surface area contributed by atoms with Crippen LogP contribution < -0.4 is 9.64 Å². The minimum Gasteiger partial charge on any atom is -0.426 e. The third-order valence-electron chi connectivity index (χ3n) is 3.98. The Balaban J connectivity index is 2.00. The van der Waals surface area contributed by atoms with Crippen LogP contribution in [0.1, 0.15) is 6.92 Å². The lowest BCUT2D eigenvalue weighted by Crippen LogP contribution is -2.15. The Kier molecular flexibility index (Phi) is 3.27. The van der Waals surface area contributed by atoms with Gasteiger partial charge in [-0.1, -0.05) is 48.2 Å². The van der Waals surface area contributed by atoms with E-state index in [4.69, 9.17) is 4.74 Å². The number of para-hydroxylation sites is 1. The van der Waals surface area contributed by atoms with Crippen molar-refractivity contribution in [2.24, 2.45) is 0 Å². The highest BCUT2D eigenvalue weighted by molar-refractivity contribution is 7.99. The highest BCUT2D eigenvalue weighted by atomic mass is 32.2. The number of esters is 1. The molecule has 0 N–H and O–H groups in total. The summed E-state index contributed by atoms with van der Waals surface area (Å²) >= 11 is 1.71. The van der Waals surface area contributed by atoms with E-state index in [1.54, 1.807) is 11.8 Å². The number of anilines is 2. The molecule has 0 saturated heterocycles. The molecule has 0 amide bonds. The average Bonchev–Trinajstić information content (AvgIpc) is 2.54. The van der Waals surface area contributed by atoms with Gasteiger partial charge >= 0.3 is 5.97 Å². The first-order chi connectivity index (χ1) is 11.1. The molecular formula is C19H15NO2S.